The van der Waals surface area contributed by atoms with Crippen LogP contribution in [0.25, 0.3) is 0 Å². The van der Waals surface area contributed by atoms with E-state index in [-0.39, 0.29) is 23.3 Å². The second-order valence-corrected chi connectivity index (χ2v) is 8.45. The molecule has 36 heavy (non-hydrogen) atoms. The minimum atomic E-state index is -4.83. The molecule has 0 saturated heterocycles. The Kier molecular flexibility index (Phi) is 7.01. The number of rotatable bonds is 6. The lowest BCUT2D eigenvalue weighted by molar-refractivity contribution is -0.137. The third-order valence-electron chi connectivity index (χ3n) is 6.10. The van der Waals surface area contributed by atoms with Crippen molar-refractivity contribution in [3.05, 3.63) is 113 Å². The first kappa shape index (κ1) is 25.2. The summed E-state index contributed by atoms with van der Waals surface area (Å²) < 4.78 is 75.2. The van der Waals surface area contributed by atoms with E-state index in [0.29, 0.717) is 24.7 Å². The van der Waals surface area contributed by atoms with E-state index in [0.717, 1.165) is 18.2 Å². The van der Waals surface area contributed by atoms with Crippen LogP contribution in [0.5, 0.6) is 5.75 Å². The Morgan fingerprint density at radius 3 is 2.22 bits per heavy atom. The van der Waals surface area contributed by atoms with Gasteiger partial charge in [0.2, 0.25) is 0 Å². The molecule has 1 atom stereocenters. The molecule has 0 unspecified atom stereocenters. The van der Waals surface area contributed by atoms with Gasteiger partial charge in [-0.15, -0.1) is 0 Å². The normalized spacial score (nSPS) is 15.0. The number of carbonyl (C=O) groups excluding carboxylic acids is 1. The molecule has 0 spiro atoms. The molecule has 2 amide bonds. The fraction of sp³-hybridized carbons (Fsp3) is 0.222. The average Bonchev–Trinajstić information content (AvgIpc) is 3.39. The zero-order valence-corrected chi connectivity index (χ0v) is 19.3. The van der Waals surface area contributed by atoms with Crippen LogP contribution in [0.3, 0.4) is 0 Å². The first-order valence-corrected chi connectivity index (χ1v) is 11.1. The van der Waals surface area contributed by atoms with Crippen molar-refractivity contribution in [3.63, 3.8) is 0 Å². The average molecular weight is 502 g/mol. The van der Waals surface area contributed by atoms with Crippen LogP contribution in [0.2, 0.25) is 0 Å². The van der Waals surface area contributed by atoms with Crippen LogP contribution in [0.15, 0.2) is 78.9 Å². The second kappa shape index (κ2) is 10.0. The Bertz CT molecular complexity index is 1270. The molecule has 0 aliphatic carbocycles. The van der Waals surface area contributed by atoms with Crippen molar-refractivity contribution in [1.82, 2.24) is 10.2 Å². The number of alkyl halides is 3. The van der Waals surface area contributed by atoms with Crippen LogP contribution in [0.1, 0.15) is 22.3 Å². The van der Waals surface area contributed by atoms with Gasteiger partial charge in [0.15, 0.2) is 11.6 Å². The van der Waals surface area contributed by atoms with Crippen molar-refractivity contribution >= 4 is 6.03 Å². The van der Waals surface area contributed by atoms with E-state index in [1.165, 1.54) is 24.1 Å². The summed E-state index contributed by atoms with van der Waals surface area (Å²) >= 11 is 0. The lowest BCUT2D eigenvalue weighted by Crippen LogP contribution is -2.53. The smallest absolute Gasteiger partial charge is 0.416 e. The number of nitrogens with zero attached hydrogens (tertiary/aromatic N) is 1. The third-order valence-corrected chi connectivity index (χ3v) is 6.10. The Morgan fingerprint density at radius 2 is 1.58 bits per heavy atom. The molecular formula is C27H23F5N2O2. The van der Waals surface area contributed by atoms with Crippen molar-refractivity contribution in [3.8, 4) is 5.75 Å². The van der Waals surface area contributed by atoms with Crippen molar-refractivity contribution in [2.24, 2.45) is 0 Å². The third kappa shape index (κ3) is 5.19. The molecule has 188 valence electrons. The van der Waals surface area contributed by atoms with E-state index >= 15 is 0 Å². The van der Waals surface area contributed by atoms with Gasteiger partial charge in [-0.05, 0) is 47.0 Å². The summed E-state index contributed by atoms with van der Waals surface area (Å²) in [6.45, 7) is 0.605. The number of amides is 2. The monoisotopic (exact) mass is 502 g/mol. The Labute approximate surface area is 205 Å². The molecule has 3 aromatic carbocycles. The van der Waals surface area contributed by atoms with Crippen LogP contribution in [0, 0.1) is 11.6 Å². The highest BCUT2D eigenvalue weighted by Crippen LogP contribution is 2.39. The number of ether oxygens (including phenoxy) is 1. The summed E-state index contributed by atoms with van der Waals surface area (Å²) in [6, 6.07) is 14.1. The highest BCUT2D eigenvalue weighted by Gasteiger charge is 2.41. The SMILES string of the molecule is COc1cc([C@@](Cc2ccccc2)(NC(=O)N2CC=CC2)c2cc(F)cc(C(F)(F)F)c2)ccc1F. The highest BCUT2D eigenvalue weighted by atomic mass is 19.4. The summed E-state index contributed by atoms with van der Waals surface area (Å²) in [5, 5.41) is 2.87. The molecule has 4 nitrogen and oxygen atoms in total. The number of carbonyl (C=O) groups is 1. The maximum Gasteiger partial charge on any atom is 0.416 e. The van der Waals surface area contributed by atoms with Crippen LogP contribution < -0.4 is 10.1 Å². The van der Waals surface area contributed by atoms with Crippen LogP contribution in [0.4, 0.5) is 26.7 Å². The molecule has 1 heterocycles. The van der Waals surface area contributed by atoms with Gasteiger partial charge in [0.25, 0.3) is 0 Å². The number of nitrogens with one attached hydrogen (secondary N) is 1. The summed E-state index contributed by atoms with van der Waals surface area (Å²) in [5.41, 5.74) is -2.18. The number of benzene rings is 3. The number of hydrogen-bond donors (Lipinski definition) is 1. The van der Waals surface area contributed by atoms with E-state index in [1.54, 1.807) is 42.5 Å². The van der Waals surface area contributed by atoms with E-state index in [4.69, 9.17) is 4.74 Å². The second-order valence-electron chi connectivity index (χ2n) is 8.45. The van der Waals surface area contributed by atoms with Gasteiger partial charge in [0.1, 0.15) is 5.82 Å². The summed E-state index contributed by atoms with van der Waals surface area (Å²) in [6.07, 6.45) is -1.32. The van der Waals surface area contributed by atoms with Crippen molar-refractivity contribution in [2.75, 3.05) is 20.2 Å². The molecule has 3 aromatic rings. The van der Waals surface area contributed by atoms with Gasteiger partial charge < -0.3 is 15.0 Å². The summed E-state index contributed by atoms with van der Waals surface area (Å²) in [5.74, 6) is -1.99. The molecule has 0 aromatic heterocycles. The largest absolute Gasteiger partial charge is 0.494 e. The standard InChI is InChI=1S/C27H23F5N2O2/c1-36-24-16-19(9-10-23(24)29)26(17-18-7-3-2-4-8-18,33-25(35)34-11-5-6-12-34)20-13-21(27(30,31)32)15-22(28)14-20/h2-10,13-16H,11-12,17H2,1H3,(H,33,35)/t26-/m1/s1. The molecule has 1 aliphatic rings. The maximum absolute atomic E-state index is 14.7. The van der Waals surface area contributed by atoms with Crippen molar-refractivity contribution in [1.29, 1.82) is 0 Å². The molecule has 1 aliphatic heterocycles. The number of urea groups is 1. The summed E-state index contributed by atoms with van der Waals surface area (Å²) in [4.78, 5) is 14.8. The minimum Gasteiger partial charge on any atom is -0.494 e. The highest BCUT2D eigenvalue weighted by molar-refractivity contribution is 5.77. The van der Waals surface area contributed by atoms with Gasteiger partial charge >= 0.3 is 12.2 Å². The maximum atomic E-state index is 14.7. The Balaban J connectivity index is 1.98. The van der Waals surface area contributed by atoms with Crippen LogP contribution in [-0.2, 0) is 18.1 Å². The van der Waals surface area contributed by atoms with Gasteiger partial charge in [-0.25, -0.2) is 13.6 Å². The van der Waals surface area contributed by atoms with Gasteiger partial charge in [-0.1, -0.05) is 48.6 Å². The number of methoxy groups -OCH3 is 1. The number of hydrogen-bond acceptors (Lipinski definition) is 2. The molecule has 0 radical (unpaired) electrons. The van der Waals surface area contributed by atoms with E-state index in [9.17, 15) is 26.7 Å². The van der Waals surface area contributed by atoms with E-state index in [2.05, 4.69) is 5.32 Å². The fourth-order valence-electron chi connectivity index (χ4n) is 4.29. The molecule has 9 heteroatoms. The van der Waals surface area contributed by atoms with Gasteiger partial charge in [0, 0.05) is 19.5 Å². The molecule has 0 fully saturated rings. The lowest BCUT2D eigenvalue weighted by atomic mass is 9.77. The van der Waals surface area contributed by atoms with Gasteiger partial charge in [-0.3, -0.25) is 0 Å². The topological polar surface area (TPSA) is 41.6 Å². The summed E-state index contributed by atoms with van der Waals surface area (Å²) in [7, 11) is 1.25. The molecule has 1 N–H and O–H groups in total. The Hall–Kier alpha value is -3.88. The van der Waals surface area contributed by atoms with Crippen molar-refractivity contribution in [2.45, 2.75) is 18.1 Å². The quantitative estimate of drug-likeness (QED) is 0.329. The van der Waals surface area contributed by atoms with E-state index in [1.807, 2.05) is 0 Å². The zero-order chi connectivity index (χ0) is 25.9. The first-order valence-electron chi connectivity index (χ1n) is 11.1. The molecule has 4 rings (SSSR count). The van der Waals surface area contributed by atoms with Crippen LogP contribution in [-0.4, -0.2) is 31.1 Å². The molecule has 0 bridgehead atoms. The van der Waals surface area contributed by atoms with Gasteiger partial charge in [0.05, 0.1) is 18.2 Å². The van der Waals surface area contributed by atoms with Crippen LogP contribution >= 0.6 is 0 Å². The predicted octanol–water partition coefficient (Wildman–Crippen LogP) is 6.06. The molecule has 0 saturated carbocycles. The number of halogens is 5. The minimum absolute atomic E-state index is 0.0453. The predicted molar refractivity (Wildman–Crippen MR) is 125 cm³/mol. The lowest BCUT2D eigenvalue weighted by Gasteiger charge is -2.38. The van der Waals surface area contributed by atoms with Crippen molar-refractivity contribution < 1.29 is 31.5 Å². The Morgan fingerprint density at radius 1 is 0.917 bits per heavy atom. The zero-order valence-electron chi connectivity index (χ0n) is 19.3. The van der Waals surface area contributed by atoms with Gasteiger partial charge in [-0.2, -0.15) is 13.2 Å². The molecular weight excluding hydrogens is 479 g/mol. The van der Waals surface area contributed by atoms with E-state index < -0.39 is 34.9 Å². The fourth-order valence-corrected chi connectivity index (χ4v) is 4.29. The first-order chi connectivity index (χ1) is 17.1.